The van der Waals surface area contributed by atoms with Gasteiger partial charge in [-0.15, -0.1) is 0 Å². The Morgan fingerprint density at radius 2 is 2.19 bits per heavy atom. The topological polar surface area (TPSA) is 0 Å². The van der Waals surface area contributed by atoms with Crippen LogP contribution in [0.3, 0.4) is 0 Å². The molecule has 2 atom stereocenters. The Kier molecular flexibility index (Phi) is 4.78. The predicted molar refractivity (Wildman–Crippen MR) is 77.5 cm³/mol. The van der Waals surface area contributed by atoms with Crippen LogP contribution in [0.4, 0.5) is 0 Å². The van der Waals surface area contributed by atoms with E-state index in [0.29, 0.717) is 4.83 Å². The zero-order valence-electron chi connectivity index (χ0n) is 9.79. The van der Waals surface area contributed by atoms with Crippen molar-refractivity contribution in [2.24, 2.45) is 5.92 Å². The number of thioether (sulfide) groups is 1. The number of fused-ring (bicyclic) bond motifs is 1. The monoisotopic (exact) mass is 298 g/mol. The van der Waals surface area contributed by atoms with E-state index in [1.807, 2.05) is 11.8 Å². The van der Waals surface area contributed by atoms with E-state index < -0.39 is 0 Å². The van der Waals surface area contributed by atoms with Gasteiger partial charge in [0.25, 0.3) is 0 Å². The van der Waals surface area contributed by atoms with Crippen LogP contribution in [0.15, 0.2) is 24.3 Å². The van der Waals surface area contributed by atoms with E-state index in [9.17, 15) is 0 Å². The highest BCUT2D eigenvalue weighted by atomic mass is 79.9. The Morgan fingerprint density at radius 1 is 1.38 bits per heavy atom. The van der Waals surface area contributed by atoms with Crippen LogP contribution in [0.25, 0.3) is 0 Å². The molecule has 0 spiro atoms. The number of halogens is 1. The van der Waals surface area contributed by atoms with Gasteiger partial charge in [-0.05, 0) is 54.7 Å². The molecule has 0 saturated heterocycles. The summed E-state index contributed by atoms with van der Waals surface area (Å²) in [5.74, 6) is 2.10. The van der Waals surface area contributed by atoms with Crippen LogP contribution >= 0.6 is 27.7 Å². The predicted octanol–water partition coefficient (Wildman–Crippen LogP) is 4.83. The van der Waals surface area contributed by atoms with E-state index in [-0.39, 0.29) is 0 Å². The fourth-order valence-corrected chi connectivity index (χ4v) is 4.06. The Balaban J connectivity index is 2.16. The van der Waals surface area contributed by atoms with Crippen molar-refractivity contribution >= 4 is 27.7 Å². The van der Waals surface area contributed by atoms with E-state index in [2.05, 4.69) is 46.5 Å². The third kappa shape index (κ3) is 2.84. The maximum Gasteiger partial charge on any atom is 0.0426 e. The molecule has 2 rings (SSSR count). The first-order valence-electron chi connectivity index (χ1n) is 6.03. The summed E-state index contributed by atoms with van der Waals surface area (Å²) in [6.07, 6.45) is 7.51. The first-order chi connectivity index (χ1) is 7.83. The van der Waals surface area contributed by atoms with Gasteiger partial charge < -0.3 is 0 Å². The summed E-state index contributed by atoms with van der Waals surface area (Å²) < 4.78 is 0. The van der Waals surface area contributed by atoms with Crippen LogP contribution in [0.2, 0.25) is 0 Å². The van der Waals surface area contributed by atoms with Crippen molar-refractivity contribution in [2.75, 3.05) is 12.0 Å². The van der Waals surface area contributed by atoms with Crippen molar-refractivity contribution in [3.05, 3.63) is 35.4 Å². The molecule has 0 saturated carbocycles. The second kappa shape index (κ2) is 6.11. The molecule has 1 aliphatic carbocycles. The summed E-state index contributed by atoms with van der Waals surface area (Å²) in [6.45, 7) is 0. The van der Waals surface area contributed by atoms with Gasteiger partial charge in [0.15, 0.2) is 0 Å². The molecule has 0 N–H and O–H groups in total. The van der Waals surface area contributed by atoms with Gasteiger partial charge in [0, 0.05) is 4.83 Å². The van der Waals surface area contributed by atoms with Crippen molar-refractivity contribution < 1.29 is 0 Å². The van der Waals surface area contributed by atoms with Gasteiger partial charge in [-0.25, -0.2) is 0 Å². The molecule has 0 fully saturated rings. The summed E-state index contributed by atoms with van der Waals surface area (Å²) >= 11 is 5.89. The highest BCUT2D eigenvalue weighted by Crippen LogP contribution is 2.41. The van der Waals surface area contributed by atoms with Crippen LogP contribution in [0, 0.1) is 5.92 Å². The average Bonchev–Trinajstić information content (AvgIpc) is 2.47. The summed E-state index contributed by atoms with van der Waals surface area (Å²) in [5.41, 5.74) is 3.09. The van der Waals surface area contributed by atoms with Crippen molar-refractivity contribution in [1.82, 2.24) is 0 Å². The Bertz CT molecular complexity index is 335. The first kappa shape index (κ1) is 12.5. The third-order valence-electron chi connectivity index (χ3n) is 3.48. The summed E-state index contributed by atoms with van der Waals surface area (Å²) in [5, 5.41) is 0. The van der Waals surface area contributed by atoms with E-state index in [0.717, 1.165) is 5.92 Å². The van der Waals surface area contributed by atoms with Crippen molar-refractivity contribution in [1.29, 1.82) is 0 Å². The standard InChI is InChI=1S/C14H19BrS/c1-16-10-9-12-7-4-6-11-5-2-3-8-13(11)14(12)15/h2-3,5,8,12,14H,4,6-7,9-10H2,1H3. The van der Waals surface area contributed by atoms with Gasteiger partial charge in [-0.1, -0.05) is 40.2 Å². The Labute approximate surface area is 111 Å². The molecule has 0 radical (unpaired) electrons. The molecular weight excluding hydrogens is 280 g/mol. The zero-order valence-corrected chi connectivity index (χ0v) is 12.2. The molecule has 0 aromatic heterocycles. The number of aryl methyl sites for hydroxylation is 1. The molecule has 1 aromatic rings. The molecule has 1 aromatic carbocycles. The normalized spacial score (nSPS) is 24.9. The molecule has 16 heavy (non-hydrogen) atoms. The van der Waals surface area contributed by atoms with Gasteiger partial charge in [-0.3, -0.25) is 0 Å². The van der Waals surface area contributed by atoms with E-state index in [1.165, 1.54) is 37.0 Å². The number of benzene rings is 1. The van der Waals surface area contributed by atoms with Crippen LogP contribution in [-0.4, -0.2) is 12.0 Å². The lowest BCUT2D eigenvalue weighted by Gasteiger charge is -2.21. The van der Waals surface area contributed by atoms with Gasteiger partial charge in [0.05, 0.1) is 0 Å². The van der Waals surface area contributed by atoms with Gasteiger partial charge in [0.2, 0.25) is 0 Å². The maximum absolute atomic E-state index is 3.92. The SMILES string of the molecule is CSCCC1CCCc2ccccc2C1Br. The molecule has 0 aliphatic heterocycles. The highest BCUT2D eigenvalue weighted by Gasteiger charge is 2.24. The lowest BCUT2D eigenvalue weighted by molar-refractivity contribution is 0.466. The van der Waals surface area contributed by atoms with Crippen molar-refractivity contribution in [3.8, 4) is 0 Å². The smallest absolute Gasteiger partial charge is 0.0426 e. The van der Waals surface area contributed by atoms with E-state index in [1.54, 1.807) is 5.56 Å². The second-order valence-corrected chi connectivity index (χ2v) is 6.51. The van der Waals surface area contributed by atoms with Crippen LogP contribution < -0.4 is 0 Å². The quantitative estimate of drug-likeness (QED) is 0.569. The van der Waals surface area contributed by atoms with Crippen molar-refractivity contribution in [2.45, 2.75) is 30.5 Å². The minimum Gasteiger partial charge on any atom is -0.165 e. The maximum atomic E-state index is 3.92. The minimum absolute atomic E-state index is 0.568. The molecule has 1 aliphatic rings. The molecular formula is C14H19BrS. The fraction of sp³-hybridized carbons (Fsp3) is 0.571. The summed E-state index contributed by atoms with van der Waals surface area (Å²) in [7, 11) is 0. The Morgan fingerprint density at radius 3 is 3.00 bits per heavy atom. The zero-order chi connectivity index (χ0) is 11.4. The molecule has 2 heteroatoms. The third-order valence-corrected chi connectivity index (χ3v) is 5.36. The minimum atomic E-state index is 0.568. The van der Waals surface area contributed by atoms with E-state index >= 15 is 0 Å². The Hall–Kier alpha value is 0.0500. The summed E-state index contributed by atoms with van der Waals surface area (Å²) in [6, 6.07) is 8.93. The van der Waals surface area contributed by atoms with E-state index in [4.69, 9.17) is 0 Å². The molecule has 0 heterocycles. The fourth-order valence-electron chi connectivity index (χ4n) is 2.55. The molecule has 0 bridgehead atoms. The number of rotatable bonds is 3. The second-order valence-electron chi connectivity index (χ2n) is 4.53. The average molecular weight is 299 g/mol. The highest BCUT2D eigenvalue weighted by molar-refractivity contribution is 9.09. The van der Waals surface area contributed by atoms with Crippen molar-refractivity contribution in [3.63, 3.8) is 0 Å². The molecule has 2 unspecified atom stereocenters. The molecule has 88 valence electrons. The first-order valence-corrected chi connectivity index (χ1v) is 8.34. The van der Waals surface area contributed by atoms with Crippen LogP contribution in [-0.2, 0) is 6.42 Å². The number of alkyl halides is 1. The number of hydrogen-bond acceptors (Lipinski definition) is 1. The lowest BCUT2D eigenvalue weighted by atomic mass is 9.94. The largest absolute Gasteiger partial charge is 0.165 e. The van der Waals surface area contributed by atoms with Gasteiger partial charge in [-0.2, -0.15) is 11.8 Å². The molecule has 0 amide bonds. The van der Waals surface area contributed by atoms with Gasteiger partial charge in [0.1, 0.15) is 0 Å². The van der Waals surface area contributed by atoms with Crippen LogP contribution in [0.1, 0.15) is 35.2 Å². The number of hydrogen-bond donors (Lipinski definition) is 0. The molecule has 0 nitrogen and oxygen atoms in total. The van der Waals surface area contributed by atoms with Crippen LogP contribution in [0.5, 0.6) is 0 Å². The lowest BCUT2D eigenvalue weighted by Crippen LogP contribution is -2.07. The van der Waals surface area contributed by atoms with Gasteiger partial charge >= 0.3 is 0 Å². The summed E-state index contributed by atoms with van der Waals surface area (Å²) in [4.78, 5) is 0.568.